The van der Waals surface area contributed by atoms with Gasteiger partial charge in [-0.25, -0.2) is 8.42 Å². The first kappa shape index (κ1) is 16.4. The monoisotopic (exact) mass is 381 g/mol. The summed E-state index contributed by atoms with van der Waals surface area (Å²) in [4.78, 5) is 0. The van der Waals surface area contributed by atoms with Gasteiger partial charge in [-0.05, 0) is 45.8 Å². The molecule has 0 saturated carbocycles. The van der Waals surface area contributed by atoms with Gasteiger partial charge in [-0.3, -0.25) is 0 Å². The van der Waals surface area contributed by atoms with Crippen molar-refractivity contribution in [1.29, 1.82) is 0 Å². The van der Waals surface area contributed by atoms with E-state index in [9.17, 15) is 13.5 Å². The van der Waals surface area contributed by atoms with Crippen molar-refractivity contribution in [3.05, 3.63) is 15.9 Å². The van der Waals surface area contributed by atoms with Crippen LogP contribution in [0.15, 0.2) is 20.1 Å². The van der Waals surface area contributed by atoms with Gasteiger partial charge in [0.05, 0.1) is 9.89 Å². The lowest BCUT2D eigenvalue weighted by Gasteiger charge is -2.41. The molecule has 0 radical (unpaired) electrons. The number of nitrogens with zero attached hydrogens (tertiary/aromatic N) is 1. The molecule has 1 N–H and O–H groups in total. The number of β-amino-alcohol motifs (C(OH)–C–C–N with tert-alkyl or cyclic N) is 1. The summed E-state index contributed by atoms with van der Waals surface area (Å²) in [7, 11) is -3.48. The molecule has 0 aliphatic carbocycles. The maximum atomic E-state index is 12.5. The zero-order valence-corrected chi connectivity index (χ0v) is 15.1. The molecule has 114 valence electrons. The van der Waals surface area contributed by atoms with Crippen LogP contribution in [-0.4, -0.2) is 37.0 Å². The van der Waals surface area contributed by atoms with E-state index in [1.54, 1.807) is 12.1 Å². The van der Waals surface area contributed by atoms with E-state index in [1.807, 2.05) is 0 Å². The number of sulfonamides is 1. The maximum Gasteiger partial charge on any atom is 0.252 e. The van der Waals surface area contributed by atoms with Gasteiger partial charge in [0.25, 0.3) is 10.0 Å². The van der Waals surface area contributed by atoms with Crippen LogP contribution in [0.2, 0.25) is 0 Å². The second-order valence-corrected chi connectivity index (χ2v) is 10.9. The Kier molecular flexibility index (Phi) is 4.67. The molecular formula is C13H20BrNO3S2. The van der Waals surface area contributed by atoms with Crippen molar-refractivity contribution in [2.75, 3.05) is 13.1 Å². The molecule has 2 atom stereocenters. The number of hydrogen-bond acceptors (Lipinski definition) is 4. The first-order valence-corrected chi connectivity index (χ1v) is 9.61. The SMILES string of the molecule is CC(C)(C)[C@@H]1CCN(S(=O)(=O)c2ccc(Br)s2)C[C@@H]1O. The third-order valence-electron chi connectivity index (χ3n) is 3.80. The van der Waals surface area contributed by atoms with Gasteiger partial charge < -0.3 is 5.11 Å². The Hall–Kier alpha value is 0.0500. The van der Waals surface area contributed by atoms with Crippen molar-refractivity contribution >= 4 is 37.3 Å². The van der Waals surface area contributed by atoms with Gasteiger partial charge in [0, 0.05) is 13.1 Å². The third kappa shape index (κ3) is 3.27. The van der Waals surface area contributed by atoms with Gasteiger partial charge in [-0.1, -0.05) is 20.8 Å². The Morgan fingerprint density at radius 3 is 2.50 bits per heavy atom. The predicted octanol–water partition coefficient (Wildman–Crippen LogP) is 2.93. The van der Waals surface area contributed by atoms with E-state index in [-0.39, 0.29) is 17.9 Å². The Labute approximate surface area is 133 Å². The molecule has 1 fully saturated rings. The topological polar surface area (TPSA) is 57.6 Å². The number of aliphatic hydroxyl groups is 1. The number of halogens is 1. The largest absolute Gasteiger partial charge is 0.391 e. The highest BCUT2D eigenvalue weighted by Crippen LogP contribution is 2.37. The van der Waals surface area contributed by atoms with Crippen LogP contribution in [0.5, 0.6) is 0 Å². The van der Waals surface area contributed by atoms with E-state index in [0.717, 1.165) is 3.79 Å². The molecule has 0 spiro atoms. The Balaban J connectivity index is 2.17. The fourth-order valence-corrected chi connectivity index (χ4v) is 6.33. The Morgan fingerprint density at radius 2 is 2.05 bits per heavy atom. The zero-order chi connectivity index (χ0) is 15.1. The fourth-order valence-electron chi connectivity index (χ4n) is 2.69. The van der Waals surface area contributed by atoms with Crippen LogP contribution in [0.3, 0.4) is 0 Å². The van der Waals surface area contributed by atoms with Crippen LogP contribution in [0.4, 0.5) is 0 Å². The van der Waals surface area contributed by atoms with E-state index in [4.69, 9.17) is 0 Å². The lowest BCUT2D eigenvalue weighted by atomic mass is 9.74. The van der Waals surface area contributed by atoms with E-state index < -0.39 is 16.1 Å². The fraction of sp³-hybridized carbons (Fsp3) is 0.692. The molecule has 1 aromatic heterocycles. The predicted molar refractivity (Wildman–Crippen MR) is 84.3 cm³/mol. The van der Waals surface area contributed by atoms with Crippen LogP contribution in [0, 0.1) is 11.3 Å². The van der Waals surface area contributed by atoms with Crippen molar-refractivity contribution in [2.24, 2.45) is 11.3 Å². The summed E-state index contributed by atoms with van der Waals surface area (Å²) < 4.78 is 27.5. The molecule has 1 aliphatic heterocycles. The molecule has 1 aromatic rings. The molecule has 4 nitrogen and oxygen atoms in total. The molecule has 0 bridgehead atoms. The van der Waals surface area contributed by atoms with E-state index in [0.29, 0.717) is 17.2 Å². The molecule has 2 heterocycles. The Morgan fingerprint density at radius 1 is 1.40 bits per heavy atom. The lowest BCUT2D eigenvalue weighted by molar-refractivity contribution is -0.00205. The van der Waals surface area contributed by atoms with Crippen LogP contribution in [0.25, 0.3) is 0 Å². The number of piperidine rings is 1. The summed E-state index contributed by atoms with van der Waals surface area (Å²) in [6, 6.07) is 3.34. The van der Waals surface area contributed by atoms with E-state index in [1.165, 1.54) is 15.6 Å². The van der Waals surface area contributed by atoms with Gasteiger partial charge in [-0.15, -0.1) is 11.3 Å². The van der Waals surface area contributed by atoms with Gasteiger partial charge >= 0.3 is 0 Å². The average Bonchev–Trinajstić information content (AvgIpc) is 2.74. The zero-order valence-electron chi connectivity index (χ0n) is 11.8. The lowest BCUT2D eigenvalue weighted by Crippen LogP contribution is -2.49. The number of rotatable bonds is 2. The van der Waals surface area contributed by atoms with E-state index >= 15 is 0 Å². The normalized spacial score (nSPS) is 25.9. The van der Waals surface area contributed by atoms with Gasteiger partial charge in [0.15, 0.2) is 0 Å². The first-order valence-electron chi connectivity index (χ1n) is 6.56. The summed E-state index contributed by atoms with van der Waals surface area (Å²) in [5, 5.41) is 10.3. The van der Waals surface area contributed by atoms with Crippen molar-refractivity contribution in [3.63, 3.8) is 0 Å². The Bertz CT molecular complexity index is 577. The van der Waals surface area contributed by atoms with Crippen molar-refractivity contribution in [1.82, 2.24) is 4.31 Å². The molecular weight excluding hydrogens is 362 g/mol. The number of hydrogen-bond donors (Lipinski definition) is 1. The quantitative estimate of drug-likeness (QED) is 0.856. The highest BCUT2D eigenvalue weighted by Gasteiger charge is 2.39. The highest BCUT2D eigenvalue weighted by atomic mass is 79.9. The summed E-state index contributed by atoms with van der Waals surface area (Å²) in [6.45, 7) is 6.90. The second kappa shape index (κ2) is 5.68. The summed E-state index contributed by atoms with van der Waals surface area (Å²) in [5.41, 5.74) is -0.0127. The minimum Gasteiger partial charge on any atom is -0.391 e. The van der Waals surface area contributed by atoms with Crippen molar-refractivity contribution < 1.29 is 13.5 Å². The minimum absolute atomic E-state index is 0.0127. The maximum absolute atomic E-state index is 12.5. The number of aliphatic hydroxyl groups excluding tert-OH is 1. The van der Waals surface area contributed by atoms with Gasteiger partial charge in [-0.2, -0.15) is 4.31 Å². The van der Waals surface area contributed by atoms with E-state index in [2.05, 4.69) is 36.7 Å². The molecule has 1 saturated heterocycles. The molecule has 2 rings (SSSR count). The highest BCUT2D eigenvalue weighted by molar-refractivity contribution is 9.11. The molecule has 0 aromatic carbocycles. The van der Waals surface area contributed by atoms with Gasteiger partial charge in [0.2, 0.25) is 0 Å². The summed E-state index contributed by atoms with van der Waals surface area (Å²) in [5.74, 6) is 0.129. The summed E-state index contributed by atoms with van der Waals surface area (Å²) >= 11 is 4.48. The second-order valence-electron chi connectivity index (χ2n) is 6.25. The molecule has 7 heteroatoms. The number of thiophene rings is 1. The molecule has 20 heavy (non-hydrogen) atoms. The molecule has 1 aliphatic rings. The van der Waals surface area contributed by atoms with Crippen molar-refractivity contribution in [3.8, 4) is 0 Å². The first-order chi connectivity index (χ1) is 9.12. The third-order valence-corrected chi connectivity index (χ3v) is 7.76. The molecule has 0 amide bonds. The van der Waals surface area contributed by atoms with Crippen molar-refractivity contribution in [2.45, 2.75) is 37.5 Å². The van der Waals surface area contributed by atoms with Crippen LogP contribution in [-0.2, 0) is 10.0 Å². The standard InChI is InChI=1S/C13H20BrNO3S2/c1-13(2,3)9-6-7-15(8-10(9)16)20(17,18)12-5-4-11(14)19-12/h4-5,9-10,16H,6-8H2,1-3H3/t9-,10+/m1/s1. The smallest absolute Gasteiger partial charge is 0.252 e. The van der Waals surface area contributed by atoms with Gasteiger partial charge in [0.1, 0.15) is 4.21 Å². The van der Waals surface area contributed by atoms with Crippen LogP contribution >= 0.6 is 27.3 Å². The summed E-state index contributed by atoms with van der Waals surface area (Å²) in [6.07, 6.45) is 0.0816. The average molecular weight is 382 g/mol. The van der Waals surface area contributed by atoms with Crippen LogP contribution < -0.4 is 0 Å². The molecule has 0 unspecified atom stereocenters. The van der Waals surface area contributed by atoms with Crippen LogP contribution in [0.1, 0.15) is 27.2 Å². The minimum atomic E-state index is -3.48.